The second-order valence-corrected chi connectivity index (χ2v) is 5.46. The minimum Gasteiger partial charge on any atom is -0.322 e. The van der Waals surface area contributed by atoms with E-state index in [0.29, 0.717) is 0 Å². The average molecular weight is 277 g/mol. The van der Waals surface area contributed by atoms with Crippen molar-refractivity contribution in [1.82, 2.24) is 10.2 Å². The van der Waals surface area contributed by atoms with Crippen molar-refractivity contribution < 1.29 is 4.79 Å². The number of hydrogen-bond donors (Lipinski definition) is 2. The Morgan fingerprint density at radius 2 is 2.00 bits per heavy atom. The highest BCUT2D eigenvalue weighted by Gasteiger charge is 2.14. The van der Waals surface area contributed by atoms with Gasteiger partial charge in [0, 0.05) is 16.6 Å². The smallest absolute Gasteiger partial charge is 0.255 e. The van der Waals surface area contributed by atoms with Crippen LogP contribution in [0.1, 0.15) is 27.9 Å². The second-order valence-electron chi connectivity index (χ2n) is 5.46. The number of nitrogens with zero attached hydrogens (tertiary/aromatic N) is 1. The number of amides is 1. The first-order valence-electron chi connectivity index (χ1n) is 7.16. The molecule has 0 bridgehead atoms. The first kappa shape index (κ1) is 12.1. The van der Waals surface area contributed by atoms with Gasteiger partial charge in [-0.3, -0.25) is 9.89 Å². The molecule has 0 fully saturated rings. The molecule has 1 aliphatic carbocycles. The molecule has 1 aromatic heterocycles. The molecule has 0 atom stereocenters. The van der Waals surface area contributed by atoms with Crippen molar-refractivity contribution in [2.75, 3.05) is 5.32 Å². The number of hydrogen-bond acceptors (Lipinski definition) is 2. The third-order valence-electron chi connectivity index (χ3n) is 4.06. The van der Waals surface area contributed by atoms with Crippen LogP contribution in [-0.2, 0) is 12.8 Å². The molecule has 2 aromatic carbocycles. The molecule has 4 nitrogen and oxygen atoms in total. The Labute approximate surface area is 122 Å². The van der Waals surface area contributed by atoms with E-state index in [2.05, 4.69) is 21.6 Å². The molecule has 3 aromatic rings. The molecule has 0 saturated carbocycles. The molecule has 0 aliphatic heterocycles. The van der Waals surface area contributed by atoms with E-state index in [4.69, 9.17) is 0 Å². The van der Waals surface area contributed by atoms with E-state index in [1.807, 2.05) is 30.3 Å². The van der Waals surface area contributed by atoms with Crippen molar-refractivity contribution in [2.45, 2.75) is 19.3 Å². The van der Waals surface area contributed by atoms with E-state index in [-0.39, 0.29) is 5.91 Å². The van der Waals surface area contributed by atoms with Gasteiger partial charge in [0.2, 0.25) is 0 Å². The summed E-state index contributed by atoms with van der Waals surface area (Å²) in [6.45, 7) is 0. The largest absolute Gasteiger partial charge is 0.322 e. The zero-order valence-electron chi connectivity index (χ0n) is 11.5. The summed E-state index contributed by atoms with van der Waals surface area (Å²) in [6, 6.07) is 11.7. The van der Waals surface area contributed by atoms with Crippen molar-refractivity contribution in [3.05, 3.63) is 59.3 Å². The van der Waals surface area contributed by atoms with Gasteiger partial charge >= 0.3 is 0 Å². The standard InChI is InChI=1S/C17H15N3O/c21-17(13-5-4-11-2-1-3-12(11)8-13)19-15-6-7-16-14(9-15)10-18-20-16/h4-10H,1-3H2,(H,18,20)(H,19,21). The van der Waals surface area contributed by atoms with Crippen LogP contribution in [0.2, 0.25) is 0 Å². The molecule has 21 heavy (non-hydrogen) atoms. The SMILES string of the molecule is O=C(Nc1ccc2[nH]ncc2c1)c1ccc2c(c1)CCC2. The number of H-pyrrole nitrogens is 1. The van der Waals surface area contributed by atoms with E-state index in [1.165, 1.54) is 17.5 Å². The lowest BCUT2D eigenvalue weighted by molar-refractivity contribution is 0.102. The molecule has 1 heterocycles. The van der Waals surface area contributed by atoms with Crippen molar-refractivity contribution in [3.8, 4) is 0 Å². The van der Waals surface area contributed by atoms with E-state index < -0.39 is 0 Å². The fraction of sp³-hybridized carbons (Fsp3) is 0.176. The molecule has 1 amide bonds. The number of benzene rings is 2. The topological polar surface area (TPSA) is 57.8 Å². The van der Waals surface area contributed by atoms with Crippen LogP contribution in [0.4, 0.5) is 5.69 Å². The van der Waals surface area contributed by atoms with Crippen molar-refractivity contribution in [2.24, 2.45) is 0 Å². The summed E-state index contributed by atoms with van der Waals surface area (Å²) >= 11 is 0. The van der Waals surface area contributed by atoms with Crippen LogP contribution in [0.3, 0.4) is 0 Å². The van der Waals surface area contributed by atoms with Gasteiger partial charge in [0.1, 0.15) is 0 Å². The Hall–Kier alpha value is -2.62. The van der Waals surface area contributed by atoms with Crippen LogP contribution in [0, 0.1) is 0 Å². The van der Waals surface area contributed by atoms with Gasteiger partial charge in [-0.1, -0.05) is 6.07 Å². The van der Waals surface area contributed by atoms with Crippen LogP contribution < -0.4 is 5.32 Å². The number of nitrogens with one attached hydrogen (secondary N) is 2. The summed E-state index contributed by atoms with van der Waals surface area (Å²) in [5.74, 6) is -0.0625. The van der Waals surface area contributed by atoms with Gasteiger partial charge in [-0.05, 0) is 60.7 Å². The highest BCUT2D eigenvalue weighted by molar-refractivity contribution is 6.05. The third kappa shape index (κ3) is 2.18. The number of aromatic nitrogens is 2. The van der Waals surface area contributed by atoms with Gasteiger partial charge in [0.15, 0.2) is 0 Å². The quantitative estimate of drug-likeness (QED) is 0.755. The summed E-state index contributed by atoms with van der Waals surface area (Å²) in [4.78, 5) is 12.4. The third-order valence-corrected chi connectivity index (χ3v) is 4.06. The van der Waals surface area contributed by atoms with Crippen molar-refractivity contribution >= 4 is 22.5 Å². The Morgan fingerprint density at radius 1 is 1.10 bits per heavy atom. The number of carbonyl (C=O) groups excluding carboxylic acids is 1. The molecule has 0 unspecified atom stereocenters. The average Bonchev–Trinajstić information content (AvgIpc) is 3.14. The normalized spacial score (nSPS) is 13.3. The van der Waals surface area contributed by atoms with Crippen LogP contribution in [0.15, 0.2) is 42.6 Å². The van der Waals surface area contributed by atoms with Crippen molar-refractivity contribution in [3.63, 3.8) is 0 Å². The van der Waals surface area contributed by atoms with Gasteiger partial charge in [0.05, 0.1) is 11.7 Å². The van der Waals surface area contributed by atoms with Gasteiger partial charge in [0.25, 0.3) is 5.91 Å². The summed E-state index contributed by atoms with van der Waals surface area (Å²) in [7, 11) is 0. The molecule has 2 N–H and O–H groups in total. The molecule has 104 valence electrons. The maximum Gasteiger partial charge on any atom is 0.255 e. The predicted molar refractivity (Wildman–Crippen MR) is 82.5 cm³/mol. The molecule has 0 radical (unpaired) electrons. The fourth-order valence-electron chi connectivity index (χ4n) is 2.94. The number of fused-ring (bicyclic) bond motifs is 2. The van der Waals surface area contributed by atoms with Crippen LogP contribution in [0.25, 0.3) is 10.9 Å². The lowest BCUT2D eigenvalue weighted by atomic mass is 10.1. The van der Waals surface area contributed by atoms with E-state index in [1.54, 1.807) is 6.20 Å². The van der Waals surface area contributed by atoms with Gasteiger partial charge in [-0.15, -0.1) is 0 Å². The number of anilines is 1. The minimum atomic E-state index is -0.0625. The van der Waals surface area contributed by atoms with E-state index >= 15 is 0 Å². The molecule has 4 heteroatoms. The zero-order chi connectivity index (χ0) is 14.2. The predicted octanol–water partition coefficient (Wildman–Crippen LogP) is 3.30. The second kappa shape index (κ2) is 4.74. The lowest BCUT2D eigenvalue weighted by Crippen LogP contribution is -2.12. The molecular weight excluding hydrogens is 262 g/mol. The summed E-state index contributed by atoms with van der Waals surface area (Å²) in [6.07, 6.45) is 5.16. The summed E-state index contributed by atoms with van der Waals surface area (Å²) in [5.41, 5.74) is 5.17. The Bertz CT molecular complexity index is 835. The number of carbonyl (C=O) groups is 1. The van der Waals surface area contributed by atoms with Crippen LogP contribution in [0.5, 0.6) is 0 Å². The summed E-state index contributed by atoms with van der Waals surface area (Å²) in [5, 5.41) is 10.8. The molecule has 1 aliphatic rings. The number of aromatic amines is 1. The minimum absolute atomic E-state index is 0.0625. The van der Waals surface area contributed by atoms with Gasteiger partial charge in [-0.2, -0.15) is 5.10 Å². The first-order chi connectivity index (χ1) is 10.3. The summed E-state index contributed by atoms with van der Waals surface area (Å²) < 4.78 is 0. The van der Waals surface area contributed by atoms with Crippen LogP contribution >= 0.6 is 0 Å². The monoisotopic (exact) mass is 277 g/mol. The maximum atomic E-state index is 12.4. The van der Waals surface area contributed by atoms with Gasteiger partial charge < -0.3 is 5.32 Å². The molecule has 4 rings (SSSR count). The molecule has 0 saturated heterocycles. The fourth-order valence-corrected chi connectivity index (χ4v) is 2.94. The Morgan fingerprint density at radius 3 is 2.95 bits per heavy atom. The van der Waals surface area contributed by atoms with E-state index in [0.717, 1.165) is 35.0 Å². The van der Waals surface area contributed by atoms with E-state index in [9.17, 15) is 4.79 Å². The zero-order valence-corrected chi connectivity index (χ0v) is 11.5. The number of rotatable bonds is 2. The number of aryl methyl sites for hydroxylation is 2. The molecular formula is C17H15N3O. The Kier molecular flexibility index (Phi) is 2.74. The highest BCUT2D eigenvalue weighted by Crippen LogP contribution is 2.23. The molecule has 0 spiro atoms. The Balaban J connectivity index is 1.59. The lowest BCUT2D eigenvalue weighted by Gasteiger charge is -2.07. The van der Waals surface area contributed by atoms with Crippen molar-refractivity contribution in [1.29, 1.82) is 0 Å². The first-order valence-corrected chi connectivity index (χ1v) is 7.16. The highest BCUT2D eigenvalue weighted by atomic mass is 16.1. The van der Waals surface area contributed by atoms with Gasteiger partial charge in [-0.25, -0.2) is 0 Å². The maximum absolute atomic E-state index is 12.4. The van der Waals surface area contributed by atoms with Crippen LogP contribution in [-0.4, -0.2) is 16.1 Å².